The molecule has 1 heterocycles. The Hall–Kier alpha value is -4.79. The maximum absolute atomic E-state index is 13.3. The molecule has 8 heteroatoms. The largest absolute Gasteiger partial charge is 0.459 e. The molecule has 0 N–H and O–H groups in total. The predicted octanol–water partition coefficient (Wildman–Crippen LogP) is 5.87. The van der Waals surface area contributed by atoms with E-state index in [4.69, 9.17) is 23.7 Å². The average Bonchev–Trinajstić information content (AvgIpc) is 3.30. The van der Waals surface area contributed by atoms with Gasteiger partial charge < -0.3 is 23.7 Å². The highest BCUT2D eigenvalue weighted by Gasteiger charge is 2.58. The van der Waals surface area contributed by atoms with Crippen molar-refractivity contribution in [2.45, 2.75) is 32.0 Å². The first-order valence-electron chi connectivity index (χ1n) is 14.0. The molecule has 0 aromatic heterocycles. The van der Waals surface area contributed by atoms with Crippen LogP contribution in [0.4, 0.5) is 0 Å². The molecular weight excluding hydrogens is 548 g/mol. The lowest BCUT2D eigenvalue weighted by Gasteiger charge is -2.33. The van der Waals surface area contributed by atoms with Gasteiger partial charge in [0.2, 0.25) is 6.29 Å². The van der Waals surface area contributed by atoms with Crippen molar-refractivity contribution in [2.24, 2.45) is 5.41 Å². The standard InChI is InChI=1S/C35H32O8/c1-35(24-39-22-25-14-6-2-7-15-25)30(42-32(37)27-18-10-4-11-19-27)29(23-40-31(36)26-16-8-3-9-17-26)41-34(35)43-33(38)28-20-12-5-13-21-28/h2-21,29-30,34H,22-24H2,1H3/t29-,30-,34?,35-/m1/s1. The van der Waals surface area contributed by atoms with Crippen LogP contribution in [0.15, 0.2) is 121 Å². The van der Waals surface area contributed by atoms with E-state index in [-0.39, 0.29) is 19.8 Å². The molecule has 1 aliphatic rings. The molecule has 0 amide bonds. The van der Waals surface area contributed by atoms with Crippen LogP contribution in [0.3, 0.4) is 0 Å². The van der Waals surface area contributed by atoms with Gasteiger partial charge in [-0.15, -0.1) is 0 Å². The highest BCUT2D eigenvalue weighted by atomic mass is 16.7. The van der Waals surface area contributed by atoms with E-state index in [1.165, 1.54) is 0 Å². The van der Waals surface area contributed by atoms with Gasteiger partial charge in [-0.25, -0.2) is 14.4 Å². The summed E-state index contributed by atoms with van der Waals surface area (Å²) in [6.07, 6.45) is -3.16. The molecule has 1 fully saturated rings. The molecule has 8 nitrogen and oxygen atoms in total. The van der Waals surface area contributed by atoms with Crippen LogP contribution < -0.4 is 0 Å². The van der Waals surface area contributed by atoms with Crippen molar-refractivity contribution in [1.82, 2.24) is 0 Å². The van der Waals surface area contributed by atoms with E-state index in [1.54, 1.807) is 97.9 Å². The molecule has 0 aliphatic carbocycles. The first-order chi connectivity index (χ1) is 20.9. The Balaban J connectivity index is 1.42. The monoisotopic (exact) mass is 580 g/mol. The number of ether oxygens (including phenoxy) is 5. The zero-order chi connectivity index (χ0) is 30.1. The number of rotatable bonds is 11. The number of esters is 3. The molecule has 0 bridgehead atoms. The van der Waals surface area contributed by atoms with Gasteiger partial charge in [0.05, 0.1) is 35.3 Å². The van der Waals surface area contributed by atoms with Gasteiger partial charge in [0.1, 0.15) is 18.8 Å². The molecule has 4 aromatic rings. The third-order valence-electron chi connectivity index (χ3n) is 7.20. The Labute approximate surface area is 250 Å². The van der Waals surface area contributed by atoms with Crippen LogP contribution in [0.25, 0.3) is 0 Å². The molecule has 1 unspecified atom stereocenters. The fourth-order valence-electron chi connectivity index (χ4n) is 4.87. The lowest BCUT2D eigenvalue weighted by atomic mass is 9.83. The van der Waals surface area contributed by atoms with Crippen LogP contribution in [-0.2, 0) is 30.3 Å². The summed E-state index contributed by atoms with van der Waals surface area (Å²) in [4.78, 5) is 39.3. The molecule has 1 aliphatic heterocycles. The second-order valence-electron chi connectivity index (χ2n) is 10.4. The third-order valence-corrected chi connectivity index (χ3v) is 7.20. The average molecular weight is 581 g/mol. The number of hydrogen-bond acceptors (Lipinski definition) is 8. The summed E-state index contributed by atoms with van der Waals surface area (Å²) in [5, 5.41) is 0. The lowest BCUT2D eigenvalue weighted by molar-refractivity contribution is -0.158. The smallest absolute Gasteiger partial charge is 0.340 e. The molecule has 43 heavy (non-hydrogen) atoms. The van der Waals surface area contributed by atoms with Gasteiger partial charge in [-0.05, 0) is 48.9 Å². The third kappa shape index (κ3) is 7.35. The fraction of sp³-hybridized carbons (Fsp3) is 0.229. The summed E-state index contributed by atoms with van der Waals surface area (Å²) >= 11 is 0. The Bertz CT molecular complexity index is 1490. The maximum Gasteiger partial charge on any atom is 0.340 e. The summed E-state index contributed by atoms with van der Waals surface area (Å²) in [5.41, 5.74) is 0.789. The molecule has 0 spiro atoms. The van der Waals surface area contributed by atoms with Crippen molar-refractivity contribution < 1.29 is 38.1 Å². The summed E-state index contributed by atoms with van der Waals surface area (Å²) in [6, 6.07) is 35.1. The molecule has 4 atom stereocenters. The second kappa shape index (κ2) is 13.9. The highest BCUT2D eigenvalue weighted by Crippen LogP contribution is 2.43. The van der Waals surface area contributed by atoms with E-state index in [2.05, 4.69) is 0 Å². The van der Waals surface area contributed by atoms with Gasteiger partial charge in [-0.3, -0.25) is 0 Å². The number of benzene rings is 4. The minimum absolute atomic E-state index is 0.00446. The maximum atomic E-state index is 13.3. The molecule has 5 rings (SSSR count). The first kappa shape index (κ1) is 29.7. The van der Waals surface area contributed by atoms with Crippen molar-refractivity contribution in [3.8, 4) is 0 Å². The fourth-order valence-corrected chi connectivity index (χ4v) is 4.87. The van der Waals surface area contributed by atoms with E-state index < -0.39 is 41.8 Å². The predicted molar refractivity (Wildman–Crippen MR) is 157 cm³/mol. The number of carbonyl (C=O) groups is 3. The van der Waals surface area contributed by atoms with Crippen molar-refractivity contribution in [3.63, 3.8) is 0 Å². The van der Waals surface area contributed by atoms with Gasteiger partial charge in [0.15, 0.2) is 0 Å². The Morgan fingerprint density at radius 2 is 1.12 bits per heavy atom. The van der Waals surface area contributed by atoms with Crippen LogP contribution >= 0.6 is 0 Å². The lowest BCUT2D eigenvalue weighted by Crippen LogP contribution is -2.47. The molecule has 1 saturated heterocycles. The van der Waals surface area contributed by atoms with Gasteiger partial charge in [-0.1, -0.05) is 84.9 Å². The first-order valence-corrected chi connectivity index (χ1v) is 14.0. The Kier molecular flexibility index (Phi) is 9.61. The van der Waals surface area contributed by atoms with Crippen LogP contribution in [0.2, 0.25) is 0 Å². The molecule has 0 saturated carbocycles. The number of hydrogen-bond donors (Lipinski definition) is 0. The highest BCUT2D eigenvalue weighted by molar-refractivity contribution is 5.90. The van der Waals surface area contributed by atoms with Crippen LogP contribution in [0, 0.1) is 5.41 Å². The van der Waals surface area contributed by atoms with Gasteiger partial charge in [0.25, 0.3) is 0 Å². The van der Waals surface area contributed by atoms with Crippen molar-refractivity contribution in [3.05, 3.63) is 144 Å². The van der Waals surface area contributed by atoms with E-state index in [0.717, 1.165) is 5.56 Å². The topological polar surface area (TPSA) is 97.4 Å². The SMILES string of the molecule is C[C@]1(COCc2ccccc2)C(OC(=O)c2ccccc2)O[C@H](COC(=O)c2ccccc2)[C@H]1OC(=O)c1ccccc1. The Morgan fingerprint density at radius 3 is 1.65 bits per heavy atom. The van der Waals surface area contributed by atoms with Crippen molar-refractivity contribution >= 4 is 17.9 Å². The zero-order valence-corrected chi connectivity index (χ0v) is 23.7. The van der Waals surface area contributed by atoms with E-state index in [0.29, 0.717) is 16.7 Å². The normalized spacial score (nSPS) is 21.1. The second-order valence-corrected chi connectivity index (χ2v) is 10.4. The van der Waals surface area contributed by atoms with Crippen LogP contribution in [-0.4, -0.2) is 49.6 Å². The quantitative estimate of drug-likeness (QED) is 0.160. The summed E-state index contributed by atoms with van der Waals surface area (Å²) in [6.45, 7) is 1.78. The molecule has 220 valence electrons. The molecular formula is C35H32O8. The van der Waals surface area contributed by atoms with Crippen LogP contribution in [0.5, 0.6) is 0 Å². The van der Waals surface area contributed by atoms with Crippen LogP contribution in [0.1, 0.15) is 43.6 Å². The molecule has 4 aromatic carbocycles. The minimum Gasteiger partial charge on any atom is -0.459 e. The van der Waals surface area contributed by atoms with Gasteiger partial charge in [-0.2, -0.15) is 0 Å². The Morgan fingerprint density at radius 1 is 0.651 bits per heavy atom. The summed E-state index contributed by atoms with van der Waals surface area (Å²) < 4.78 is 29.9. The van der Waals surface area contributed by atoms with Crippen molar-refractivity contribution in [2.75, 3.05) is 13.2 Å². The van der Waals surface area contributed by atoms with Gasteiger partial charge in [0, 0.05) is 0 Å². The van der Waals surface area contributed by atoms with Gasteiger partial charge >= 0.3 is 17.9 Å². The zero-order valence-electron chi connectivity index (χ0n) is 23.7. The summed E-state index contributed by atoms with van der Waals surface area (Å²) in [7, 11) is 0. The summed E-state index contributed by atoms with van der Waals surface area (Å²) in [5.74, 6) is -1.78. The van der Waals surface area contributed by atoms with Crippen molar-refractivity contribution in [1.29, 1.82) is 0 Å². The van der Waals surface area contributed by atoms with E-state index in [1.807, 2.05) is 30.3 Å². The minimum atomic E-state index is -1.19. The number of carbonyl (C=O) groups excluding carboxylic acids is 3. The van der Waals surface area contributed by atoms with E-state index in [9.17, 15) is 14.4 Å². The molecule has 0 radical (unpaired) electrons. The van der Waals surface area contributed by atoms with E-state index >= 15 is 0 Å².